The van der Waals surface area contributed by atoms with Gasteiger partial charge in [-0.3, -0.25) is 25.1 Å². The van der Waals surface area contributed by atoms with E-state index in [0.29, 0.717) is 18.5 Å². The summed E-state index contributed by atoms with van der Waals surface area (Å²) < 4.78 is 32.4. The molecule has 5 heterocycles. The Morgan fingerprint density at radius 3 is 2.63 bits per heavy atom. The first-order valence-corrected chi connectivity index (χ1v) is 11.4. The van der Waals surface area contributed by atoms with Gasteiger partial charge in [-0.05, 0) is 31.9 Å². The summed E-state index contributed by atoms with van der Waals surface area (Å²) in [6.45, 7) is 4.30. The van der Waals surface area contributed by atoms with Gasteiger partial charge in [0.25, 0.3) is 0 Å². The van der Waals surface area contributed by atoms with Crippen LogP contribution in [0.1, 0.15) is 25.8 Å². The van der Waals surface area contributed by atoms with Crippen LogP contribution in [0, 0.1) is 11.2 Å². The van der Waals surface area contributed by atoms with E-state index in [2.05, 4.69) is 15.8 Å². The van der Waals surface area contributed by atoms with Gasteiger partial charge in [0.2, 0.25) is 17.4 Å². The molecule has 6 rings (SSSR count). The quantitative estimate of drug-likeness (QED) is 0.567. The fourth-order valence-electron chi connectivity index (χ4n) is 5.87. The molecule has 0 saturated carbocycles. The molecule has 184 valence electrons. The number of rotatable bonds is 1. The highest BCUT2D eigenvalue weighted by atomic mass is 19.1. The zero-order valence-electron chi connectivity index (χ0n) is 18.9. The summed E-state index contributed by atoms with van der Waals surface area (Å²) in [5.74, 6) is -2.17. The minimum Gasteiger partial charge on any atom is -0.449 e. The maximum absolute atomic E-state index is 16.1. The van der Waals surface area contributed by atoms with Gasteiger partial charge in [-0.25, -0.2) is 14.0 Å². The van der Waals surface area contributed by atoms with Crippen LogP contribution < -0.4 is 20.4 Å². The van der Waals surface area contributed by atoms with Gasteiger partial charge in [0.05, 0.1) is 35.9 Å². The van der Waals surface area contributed by atoms with E-state index in [1.807, 2.05) is 6.92 Å². The van der Waals surface area contributed by atoms with E-state index in [1.165, 1.54) is 4.90 Å². The number of urea groups is 1. The number of barbiturate groups is 1. The van der Waals surface area contributed by atoms with E-state index in [0.717, 1.165) is 0 Å². The summed E-state index contributed by atoms with van der Waals surface area (Å²) in [7, 11) is 0. The van der Waals surface area contributed by atoms with Crippen molar-refractivity contribution in [1.82, 2.24) is 15.8 Å². The smallest absolute Gasteiger partial charge is 0.415 e. The number of nitrogens with one attached hydrogen (secondary N) is 2. The monoisotopic (exact) mass is 487 g/mol. The van der Waals surface area contributed by atoms with Gasteiger partial charge in [-0.1, -0.05) is 5.16 Å². The van der Waals surface area contributed by atoms with Gasteiger partial charge >= 0.3 is 12.1 Å². The molecule has 4 aliphatic heterocycles. The topological polar surface area (TPSA) is 143 Å². The second kappa shape index (κ2) is 7.38. The van der Waals surface area contributed by atoms with E-state index in [-0.39, 0.29) is 48.2 Å². The lowest BCUT2D eigenvalue weighted by molar-refractivity contribution is -0.153. The first-order valence-electron chi connectivity index (χ1n) is 11.4. The standard InChI is InChI=1S/C22H22FN5O7/c1-9-8-28-14-11(7-22(16(28)10(2)34-9)18(29)24-20(31)25-19(22)30)6-12-15(13(14)23)35-26-17(12)27-4-3-5-33-21(27)32/h6,9-10,16H,3-5,7-8H2,1-2H3,(H2,24,25,29,30,31)/t9-,10+,16-/m1/s1. The Hall–Kier alpha value is -3.74. The lowest BCUT2D eigenvalue weighted by Gasteiger charge is -2.55. The van der Waals surface area contributed by atoms with Crippen LogP contribution in [0.2, 0.25) is 0 Å². The normalized spacial score (nSPS) is 27.9. The number of cyclic esters (lactones) is 1. The third-order valence-corrected chi connectivity index (χ3v) is 7.17. The molecule has 3 atom stereocenters. The van der Waals surface area contributed by atoms with Crippen LogP contribution in [0.15, 0.2) is 10.6 Å². The van der Waals surface area contributed by atoms with E-state index < -0.39 is 47.3 Å². The van der Waals surface area contributed by atoms with Crippen molar-refractivity contribution in [2.45, 2.75) is 44.9 Å². The van der Waals surface area contributed by atoms with Crippen molar-refractivity contribution in [2.24, 2.45) is 5.41 Å². The minimum absolute atomic E-state index is 0.0963. The summed E-state index contributed by atoms with van der Waals surface area (Å²) in [6.07, 6.45) is -1.22. The number of anilines is 2. The molecular formula is C22H22FN5O7. The van der Waals surface area contributed by atoms with Crippen LogP contribution in [0.5, 0.6) is 0 Å². The SMILES string of the molecule is C[C@@H]1CN2c3c(cc4c(N5CCCOC5=O)noc4c3F)CC3(C(=O)NC(=O)NC3=O)[C@H]2[C@H](C)O1. The third-order valence-electron chi connectivity index (χ3n) is 7.17. The van der Waals surface area contributed by atoms with E-state index in [1.54, 1.807) is 17.9 Å². The molecular weight excluding hydrogens is 465 g/mol. The fraction of sp³-hybridized carbons (Fsp3) is 0.500. The molecule has 5 amide bonds. The molecule has 3 saturated heterocycles. The first-order chi connectivity index (χ1) is 16.7. The van der Waals surface area contributed by atoms with Crippen LogP contribution in [-0.4, -0.2) is 67.0 Å². The van der Waals surface area contributed by atoms with Gasteiger partial charge in [0.1, 0.15) is 0 Å². The molecule has 0 unspecified atom stereocenters. The Labute approximate surface area is 197 Å². The molecule has 0 radical (unpaired) electrons. The predicted octanol–water partition coefficient (Wildman–Crippen LogP) is 1.20. The van der Waals surface area contributed by atoms with Crippen molar-refractivity contribution in [3.05, 3.63) is 17.4 Å². The molecule has 1 spiro atoms. The number of fused-ring (bicyclic) bond motifs is 5. The Bertz CT molecular complexity index is 1290. The molecule has 2 aromatic rings. The summed E-state index contributed by atoms with van der Waals surface area (Å²) in [6, 6.07) is -0.209. The number of halogens is 1. The molecule has 1 aromatic heterocycles. The number of benzene rings is 1. The third kappa shape index (κ3) is 2.90. The number of imide groups is 2. The van der Waals surface area contributed by atoms with Gasteiger partial charge in [0.15, 0.2) is 17.1 Å². The summed E-state index contributed by atoms with van der Waals surface area (Å²) >= 11 is 0. The van der Waals surface area contributed by atoms with Gasteiger partial charge in [-0.15, -0.1) is 0 Å². The number of amides is 5. The van der Waals surface area contributed by atoms with Crippen LogP contribution in [0.25, 0.3) is 11.0 Å². The number of hydrogen-bond donors (Lipinski definition) is 2. The summed E-state index contributed by atoms with van der Waals surface area (Å²) in [5.41, 5.74) is -1.37. The average Bonchev–Trinajstić information content (AvgIpc) is 3.21. The highest BCUT2D eigenvalue weighted by Crippen LogP contribution is 2.49. The second-order valence-corrected chi connectivity index (χ2v) is 9.34. The van der Waals surface area contributed by atoms with Gasteiger partial charge in [-0.2, -0.15) is 0 Å². The van der Waals surface area contributed by atoms with Crippen molar-refractivity contribution >= 4 is 46.4 Å². The van der Waals surface area contributed by atoms with Gasteiger partial charge < -0.3 is 18.9 Å². The summed E-state index contributed by atoms with van der Waals surface area (Å²) in [4.78, 5) is 53.6. The lowest BCUT2D eigenvalue weighted by atomic mass is 9.66. The zero-order chi connectivity index (χ0) is 24.6. The number of aromatic nitrogens is 1. The van der Waals surface area contributed by atoms with Crippen molar-refractivity contribution in [1.29, 1.82) is 0 Å². The molecule has 3 fully saturated rings. The van der Waals surface area contributed by atoms with Crippen LogP contribution in [-0.2, 0) is 25.5 Å². The molecule has 35 heavy (non-hydrogen) atoms. The van der Waals surface area contributed by atoms with Crippen molar-refractivity contribution in [3.63, 3.8) is 0 Å². The van der Waals surface area contributed by atoms with E-state index in [4.69, 9.17) is 14.0 Å². The van der Waals surface area contributed by atoms with Crippen LogP contribution >= 0.6 is 0 Å². The lowest BCUT2D eigenvalue weighted by Crippen LogP contribution is -2.75. The van der Waals surface area contributed by atoms with E-state index >= 15 is 4.39 Å². The Morgan fingerprint density at radius 1 is 1.17 bits per heavy atom. The maximum atomic E-state index is 16.1. The number of nitrogens with zero attached hydrogens (tertiary/aromatic N) is 3. The summed E-state index contributed by atoms with van der Waals surface area (Å²) in [5, 5.41) is 8.55. The molecule has 0 aliphatic carbocycles. The number of ether oxygens (including phenoxy) is 2. The Kier molecular flexibility index (Phi) is 4.59. The first kappa shape index (κ1) is 21.8. The van der Waals surface area contributed by atoms with Crippen molar-refractivity contribution < 1.29 is 37.6 Å². The van der Waals surface area contributed by atoms with Gasteiger partial charge in [0, 0.05) is 19.5 Å². The number of morpholine rings is 1. The Balaban J connectivity index is 1.57. The molecule has 12 nitrogen and oxygen atoms in total. The van der Waals surface area contributed by atoms with Crippen LogP contribution in [0.4, 0.5) is 25.5 Å². The molecule has 4 aliphatic rings. The predicted molar refractivity (Wildman–Crippen MR) is 116 cm³/mol. The van der Waals surface area contributed by atoms with Crippen molar-refractivity contribution in [2.75, 3.05) is 29.5 Å². The highest BCUT2D eigenvalue weighted by molar-refractivity contribution is 6.20. The fourth-order valence-corrected chi connectivity index (χ4v) is 5.87. The molecule has 13 heteroatoms. The van der Waals surface area contributed by atoms with E-state index in [9.17, 15) is 19.2 Å². The van der Waals surface area contributed by atoms with Crippen LogP contribution in [0.3, 0.4) is 0 Å². The minimum atomic E-state index is -1.75. The zero-order valence-corrected chi connectivity index (χ0v) is 18.9. The number of carbonyl (C=O) groups is 4. The number of carbonyl (C=O) groups excluding carboxylic acids is 4. The largest absolute Gasteiger partial charge is 0.449 e. The Morgan fingerprint density at radius 2 is 1.91 bits per heavy atom. The van der Waals surface area contributed by atoms with Crippen molar-refractivity contribution in [3.8, 4) is 0 Å². The number of hydrogen-bond acceptors (Lipinski definition) is 9. The maximum Gasteiger partial charge on any atom is 0.415 e. The highest BCUT2D eigenvalue weighted by Gasteiger charge is 2.63. The molecule has 1 aromatic carbocycles. The average molecular weight is 487 g/mol. The molecule has 2 N–H and O–H groups in total. The molecule has 0 bridgehead atoms. The second-order valence-electron chi connectivity index (χ2n) is 9.34.